The minimum absolute atomic E-state index is 0.203. The van der Waals surface area contributed by atoms with Gasteiger partial charge in [-0.2, -0.15) is 14.3 Å². The number of fused-ring (bicyclic) bond motifs is 1. The van der Waals surface area contributed by atoms with Gasteiger partial charge in [0.15, 0.2) is 17.0 Å². The summed E-state index contributed by atoms with van der Waals surface area (Å²) in [5.41, 5.74) is 2.10. The lowest BCUT2D eigenvalue weighted by atomic mass is 9.93. The number of benzene rings is 1. The van der Waals surface area contributed by atoms with Crippen LogP contribution in [0.4, 0.5) is 17.5 Å². The normalized spacial score (nSPS) is 18.2. The van der Waals surface area contributed by atoms with Crippen molar-refractivity contribution < 1.29 is 13.5 Å². The zero-order valence-electron chi connectivity index (χ0n) is 22.7. The van der Waals surface area contributed by atoms with E-state index in [1.165, 1.54) is 0 Å². The molecular formula is C27H41N7O3S. The molecule has 208 valence electrons. The molecule has 0 spiro atoms. The molecule has 1 fully saturated rings. The lowest BCUT2D eigenvalue weighted by Crippen LogP contribution is -2.33. The van der Waals surface area contributed by atoms with Gasteiger partial charge in [0.2, 0.25) is 16.0 Å². The second-order valence-electron chi connectivity index (χ2n) is 10.0. The lowest BCUT2D eigenvalue weighted by Gasteiger charge is -2.26. The van der Waals surface area contributed by atoms with E-state index < -0.39 is 10.0 Å². The van der Waals surface area contributed by atoms with Gasteiger partial charge in [0.1, 0.15) is 0 Å². The molecule has 0 bridgehead atoms. The fourth-order valence-corrected chi connectivity index (χ4v) is 6.26. The molecule has 2 aromatic heterocycles. The third-order valence-corrected chi connectivity index (χ3v) is 9.02. The van der Waals surface area contributed by atoms with E-state index in [4.69, 9.17) is 9.97 Å². The van der Waals surface area contributed by atoms with Gasteiger partial charge >= 0.3 is 0 Å². The van der Waals surface area contributed by atoms with Crippen molar-refractivity contribution in [3.8, 4) is 0 Å². The molecule has 10 nitrogen and oxygen atoms in total. The Bertz CT molecular complexity index is 1280. The maximum Gasteiger partial charge on any atom is 0.243 e. The number of aliphatic hydroxyl groups excluding tert-OH is 1. The average Bonchev–Trinajstić information content (AvgIpc) is 3.33. The van der Waals surface area contributed by atoms with E-state index in [0.717, 1.165) is 69.2 Å². The van der Waals surface area contributed by atoms with Gasteiger partial charge in [-0.25, -0.2) is 13.4 Å². The summed E-state index contributed by atoms with van der Waals surface area (Å²) in [6.45, 7) is 7.97. The molecule has 0 radical (unpaired) electrons. The quantitative estimate of drug-likeness (QED) is 0.278. The monoisotopic (exact) mass is 543 g/mol. The fraction of sp³-hybridized carbons (Fsp3) is 0.593. The van der Waals surface area contributed by atoms with Crippen molar-refractivity contribution in [2.45, 2.75) is 95.7 Å². The SMILES string of the molecule is CCCCN(CCCC)S(=O)(=O)c1ccc(Nc2nc(NC3CCC(O)CC3)nc3c2ncn3CC)cc1. The molecule has 0 atom stereocenters. The third-order valence-electron chi connectivity index (χ3n) is 7.11. The van der Waals surface area contributed by atoms with E-state index in [2.05, 4.69) is 29.5 Å². The first-order valence-corrected chi connectivity index (χ1v) is 15.3. The zero-order chi connectivity index (χ0) is 27.1. The molecule has 0 aliphatic heterocycles. The Labute approximate surface area is 225 Å². The molecule has 3 aromatic rings. The minimum atomic E-state index is -3.56. The number of aromatic nitrogens is 4. The van der Waals surface area contributed by atoms with Crippen molar-refractivity contribution in [3.05, 3.63) is 30.6 Å². The maximum absolute atomic E-state index is 13.3. The van der Waals surface area contributed by atoms with E-state index in [1.54, 1.807) is 34.9 Å². The van der Waals surface area contributed by atoms with Crippen LogP contribution in [0.3, 0.4) is 0 Å². The summed E-state index contributed by atoms with van der Waals surface area (Å²) in [6.07, 6.45) is 8.36. The summed E-state index contributed by atoms with van der Waals surface area (Å²) in [7, 11) is -3.56. The molecule has 0 unspecified atom stereocenters. The van der Waals surface area contributed by atoms with Crippen LogP contribution >= 0.6 is 0 Å². The van der Waals surface area contributed by atoms with Crippen LogP contribution in [0.5, 0.6) is 0 Å². The second-order valence-corrected chi connectivity index (χ2v) is 11.9. The number of imidazole rings is 1. The summed E-state index contributed by atoms with van der Waals surface area (Å²) in [4.78, 5) is 14.3. The number of aryl methyl sites for hydroxylation is 1. The van der Waals surface area contributed by atoms with Crippen LogP contribution in [-0.4, -0.2) is 62.6 Å². The molecule has 1 aromatic carbocycles. The van der Waals surface area contributed by atoms with Gasteiger partial charge < -0.3 is 20.3 Å². The van der Waals surface area contributed by atoms with E-state index >= 15 is 0 Å². The highest BCUT2D eigenvalue weighted by Gasteiger charge is 2.24. The van der Waals surface area contributed by atoms with Crippen LogP contribution in [0.25, 0.3) is 11.2 Å². The fourth-order valence-electron chi connectivity index (χ4n) is 4.75. The molecular weight excluding hydrogens is 502 g/mol. The van der Waals surface area contributed by atoms with Gasteiger partial charge in [0.05, 0.1) is 17.3 Å². The van der Waals surface area contributed by atoms with E-state index in [-0.39, 0.29) is 12.1 Å². The Kier molecular flexibility index (Phi) is 9.56. The van der Waals surface area contributed by atoms with Crippen molar-refractivity contribution in [1.82, 2.24) is 23.8 Å². The molecule has 0 saturated heterocycles. The maximum atomic E-state index is 13.3. The van der Waals surface area contributed by atoms with Gasteiger partial charge in [-0.15, -0.1) is 0 Å². The van der Waals surface area contributed by atoms with Gasteiger partial charge in [-0.3, -0.25) is 0 Å². The topological polar surface area (TPSA) is 125 Å². The summed E-state index contributed by atoms with van der Waals surface area (Å²) in [5, 5.41) is 16.6. The zero-order valence-corrected chi connectivity index (χ0v) is 23.5. The Morgan fingerprint density at radius 3 is 2.26 bits per heavy atom. The number of sulfonamides is 1. The van der Waals surface area contributed by atoms with Crippen LogP contribution in [0.1, 0.15) is 72.1 Å². The van der Waals surface area contributed by atoms with Gasteiger partial charge in [0.25, 0.3) is 0 Å². The van der Waals surface area contributed by atoms with Crippen molar-refractivity contribution in [3.63, 3.8) is 0 Å². The largest absolute Gasteiger partial charge is 0.393 e. The molecule has 1 saturated carbocycles. The Morgan fingerprint density at radius 2 is 1.66 bits per heavy atom. The average molecular weight is 544 g/mol. The van der Waals surface area contributed by atoms with E-state index in [9.17, 15) is 13.5 Å². The number of nitrogens with one attached hydrogen (secondary N) is 2. The smallest absolute Gasteiger partial charge is 0.243 e. The van der Waals surface area contributed by atoms with Gasteiger partial charge in [-0.05, 0) is 69.7 Å². The first-order valence-electron chi connectivity index (χ1n) is 13.9. The van der Waals surface area contributed by atoms with Crippen molar-refractivity contribution in [2.75, 3.05) is 23.7 Å². The summed E-state index contributed by atoms with van der Waals surface area (Å²) < 4.78 is 30.2. The number of nitrogens with zero attached hydrogens (tertiary/aromatic N) is 5. The molecule has 3 N–H and O–H groups in total. The Hall–Kier alpha value is -2.76. The Morgan fingerprint density at radius 1 is 1.00 bits per heavy atom. The molecule has 2 heterocycles. The summed E-state index contributed by atoms with van der Waals surface area (Å²) >= 11 is 0. The molecule has 38 heavy (non-hydrogen) atoms. The second kappa shape index (κ2) is 12.9. The number of rotatable bonds is 13. The molecule has 0 amide bonds. The van der Waals surface area contributed by atoms with Gasteiger partial charge in [0, 0.05) is 31.4 Å². The number of anilines is 3. The van der Waals surface area contributed by atoms with Crippen LogP contribution in [0.15, 0.2) is 35.5 Å². The number of unbranched alkanes of at least 4 members (excludes halogenated alkanes) is 2. The number of hydrogen-bond acceptors (Lipinski definition) is 8. The predicted octanol–water partition coefficient (Wildman–Crippen LogP) is 4.90. The van der Waals surface area contributed by atoms with Crippen molar-refractivity contribution in [2.24, 2.45) is 0 Å². The molecule has 11 heteroatoms. The number of hydrogen-bond donors (Lipinski definition) is 3. The van der Waals surface area contributed by atoms with Crippen LogP contribution in [0, 0.1) is 0 Å². The van der Waals surface area contributed by atoms with Crippen LogP contribution < -0.4 is 10.6 Å². The third kappa shape index (κ3) is 6.62. The molecule has 1 aliphatic carbocycles. The summed E-state index contributed by atoms with van der Waals surface area (Å²) in [5.74, 6) is 1.07. The van der Waals surface area contributed by atoms with Crippen molar-refractivity contribution >= 4 is 38.6 Å². The van der Waals surface area contributed by atoms with Crippen LogP contribution in [-0.2, 0) is 16.6 Å². The highest BCUT2D eigenvalue weighted by molar-refractivity contribution is 7.89. The van der Waals surface area contributed by atoms with Gasteiger partial charge in [-0.1, -0.05) is 26.7 Å². The molecule has 1 aliphatic rings. The Balaban J connectivity index is 1.57. The molecule has 4 rings (SSSR count). The highest BCUT2D eigenvalue weighted by Crippen LogP contribution is 2.28. The summed E-state index contributed by atoms with van der Waals surface area (Å²) in [6, 6.07) is 7.04. The minimum Gasteiger partial charge on any atom is -0.393 e. The number of aliphatic hydroxyl groups is 1. The standard InChI is InChI=1S/C27H41N7O3S/c1-4-7-17-34(18-8-5-2)38(36,37)23-15-11-20(12-16-23)29-25-24-26(33(6-3)19-28-24)32-27(31-25)30-21-9-13-22(35)14-10-21/h11-12,15-16,19,21-22,35H,4-10,13-14,17-18H2,1-3H3,(H2,29,30,31,32). The highest BCUT2D eigenvalue weighted by atomic mass is 32.2. The first kappa shape index (κ1) is 28.3. The predicted molar refractivity (Wildman–Crippen MR) is 151 cm³/mol. The first-order chi connectivity index (χ1) is 18.3. The van der Waals surface area contributed by atoms with E-state index in [0.29, 0.717) is 35.3 Å². The van der Waals surface area contributed by atoms with Crippen molar-refractivity contribution in [1.29, 1.82) is 0 Å². The van der Waals surface area contributed by atoms with Crippen LogP contribution in [0.2, 0.25) is 0 Å². The lowest BCUT2D eigenvalue weighted by molar-refractivity contribution is 0.126. The van der Waals surface area contributed by atoms with E-state index in [1.807, 2.05) is 11.5 Å².